The number of aryl methyl sites for hydroxylation is 1. The van der Waals surface area contributed by atoms with Gasteiger partial charge in [-0.05, 0) is 24.5 Å². The van der Waals surface area contributed by atoms with Crippen molar-refractivity contribution in [3.05, 3.63) is 48.0 Å². The lowest BCUT2D eigenvalue weighted by atomic mass is 10.1. The van der Waals surface area contributed by atoms with E-state index in [0.717, 1.165) is 6.42 Å². The van der Waals surface area contributed by atoms with Crippen LogP contribution in [0, 0.1) is 6.92 Å². The van der Waals surface area contributed by atoms with Crippen LogP contribution in [0.2, 0.25) is 0 Å². The third-order valence-electron chi connectivity index (χ3n) is 1.63. The standard InChI is InChI=1S/C10H12.CH3NO/c1-3-6-10-8-5-4-7-9(10)2;2-1-3/h3-5,7-8H,1,6H2,2H3;1H,(H2,2,3). The lowest BCUT2D eigenvalue weighted by Crippen LogP contribution is -1.83. The topological polar surface area (TPSA) is 43.1 Å². The first-order valence-electron chi connectivity index (χ1n) is 4.07. The molecule has 1 aromatic rings. The molecule has 70 valence electrons. The monoisotopic (exact) mass is 177 g/mol. The van der Waals surface area contributed by atoms with Crippen LogP contribution in [-0.4, -0.2) is 6.41 Å². The maximum absolute atomic E-state index is 8.58. The van der Waals surface area contributed by atoms with E-state index in [9.17, 15) is 0 Å². The fourth-order valence-corrected chi connectivity index (χ4v) is 0.995. The number of amides is 1. The van der Waals surface area contributed by atoms with Gasteiger partial charge in [0.15, 0.2) is 0 Å². The minimum Gasteiger partial charge on any atom is -0.372 e. The number of hydrogen-bond donors (Lipinski definition) is 1. The van der Waals surface area contributed by atoms with E-state index in [0.29, 0.717) is 0 Å². The molecule has 0 heterocycles. The van der Waals surface area contributed by atoms with Crippen LogP contribution < -0.4 is 5.73 Å². The van der Waals surface area contributed by atoms with Gasteiger partial charge in [-0.2, -0.15) is 0 Å². The zero-order valence-corrected chi connectivity index (χ0v) is 7.86. The van der Waals surface area contributed by atoms with Crippen LogP contribution in [0.5, 0.6) is 0 Å². The fraction of sp³-hybridized carbons (Fsp3) is 0.182. The van der Waals surface area contributed by atoms with Crippen molar-refractivity contribution < 1.29 is 4.79 Å². The Labute approximate surface area is 79.1 Å². The van der Waals surface area contributed by atoms with Gasteiger partial charge in [0.2, 0.25) is 6.41 Å². The molecule has 2 N–H and O–H groups in total. The number of carbonyl (C=O) groups excluding carboxylic acids is 1. The highest BCUT2D eigenvalue weighted by Crippen LogP contribution is 2.07. The molecule has 2 heteroatoms. The minimum atomic E-state index is 0.250. The fourth-order valence-electron chi connectivity index (χ4n) is 0.995. The molecule has 1 rings (SSSR count). The third-order valence-corrected chi connectivity index (χ3v) is 1.63. The summed E-state index contributed by atoms with van der Waals surface area (Å²) in [6, 6.07) is 8.38. The van der Waals surface area contributed by atoms with Crippen LogP contribution in [0.25, 0.3) is 0 Å². The average Bonchev–Trinajstić information content (AvgIpc) is 2.11. The van der Waals surface area contributed by atoms with Crippen molar-refractivity contribution in [1.29, 1.82) is 0 Å². The summed E-state index contributed by atoms with van der Waals surface area (Å²) in [7, 11) is 0. The van der Waals surface area contributed by atoms with Crippen molar-refractivity contribution >= 4 is 6.41 Å². The number of nitrogens with two attached hydrogens (primary N) is 1. The van der Waals surface area contributed by atoms with Gasteiger partial charge in [-0.1, -0.05) is 30.3 Å². The van der Waals surface area contributed by atoms with Gasteiger partial charge in [0.1, 0.15) is 0 Å². The highest BCUT2D eigenvalue weighted by molar-refractivity contribution is 5.42. The van der Waals surface area contributed by atoms with Gasteiger partial charge >= 0.3 is 0 Å². The third kappa shape index (κ3) is 4.80. The van der Waals surface area contributed by atoms with E-state index in [1.807, 2.05) is 6.08 Å². The number of allylic oxidation sites excluding steroid dienone is 1. The first-order valence-corrected chi connectivity index (χ1v) is 4.07. The second-order valence-corrected chi connectivity index (χ2v) is 2.56. The first-order chi connectivity index (χ1) is 6.26. The summed E-state index contributed by atoms with van der Waals surface area (Å²) in [6.45, 7) is 5.82. The van der Waals surface area contributed by atoms with Crippen LogP contribution in [0.4, 0.5) is 0 Å². The maximum atomic E-state index is 8.58. The molecule has 0 saturated heterocycles. The maximum Gasteiger partial charge on any atom is 0.204 e. The minimum absolute atomic E-state index is 0.250. The van der Waals surface area contributed by atoms with Crippen molar-refractivity contribution in [2.45, 2.75) is 13.3 Å². The van der Waals surface area contributed by atoms with Gasteiger partial charge in [-0.3, -0.25) is 4.79 Å². The molecular formula is C11H15NO. The molecule has 0 saturated carbocycles. The Bertz CT molecular complexity index is 269. The Morgan fingerprint density at radius 2 is 2.00 bits per heavy atom. The predicted octanol–water partition coefficient (Wildman–Crippen LogP) is 1.83. The van der Waals surface area contributed by atoms with E-state index in [1.54, 1.807) is 0 Å². The van der Waals surface area contributed by atoms with Gasteiger partial charge in [-0.25, -0.2) is 0 Å². The SMILES string of the molecule is C=CCc1ccccc1C.NC=O. The average molecular weight is 177 g/mol. The lowest BCUT2D eigenvalue weighted by Gasteiger charge is -1.99. The number of benzene rings is 1. The van der Waals surface area contributed by atoms with E-state index < -0.39 is 0 Å². The Kier molecular flexibility index (Phi) is 6.24. The van der Waals surface area contributed by atoms with Crippen molar-refractivity contribution in [3.63, 3.8) is 0 Å². The quantitative estimate of drug-likeness (QED) is 0.543. The summed E-state index contributed by atoms with van der Waals surface area (Å²) >= 11 is 0. The van der Waals surface area contributed by atoms with E-state index in [1.165, 1.54) is 11.1 Å². The second kappa shape index (κ2) is 7.10. The normalized spacial score (nSPS) is 8.08. The van der Waals surface area contributed by atoms with Crippen LogP contribution in [0.15, 0.2) is 36.9 Å². The van der Waals surface area contributed by atoms with Crippen LogP contribution in [0.3, 0.4) is 0 Å². The van der Waals surface area contributed by atoms with Crippen LogP contribution in [0.1, 0.15) is 11.1 Å². The van der Waals surface area contributed by atoms with Crippen molar-refractivity contribution in [3.8, 4) is 0 Å². The molecule has 0 aliphatic rings. The summed E-state index contributed by atoms with van der Waals surface area (Å²) in [5, 5.41) is 0. The predicted molar refractivity (Wildman–Crippen MR) is 55.3 cm³/mol. The number of primary amides is 1. The number of hydrogen-bond acceptors (Lipinski definition) is 1. The molecule has 0 atom stereocenters. The largest absolute Gasteiger partial charge is 0.372 e. The van der Waals surface area contributed by atoms with Crippen molar-refractivity contribution in [1.82, 2.24) is 0 Å². The lowest BCUT2D eigenvalue weighted by molar-refractivity contribution is -0.106. The highest BCUT2D eigenvalue weighted by Gasteiger charge is 1.90. The molecule has 0 fully saturated rings. The first kappa shape index (κ1) is 11.4. The summed E-state index contributed by atoms with van der Waals surface area (Å²) in [4.78, 5) is 8.58. The van der Waals surface area contributed by atoms with Crippen molar-refractivity contribution in [2.75, 3.05) is 0 Å². The van der Waals surface area contributed by atoms with Gasteiger partial charge < -0.3 is 5.73 Å². The zero-order valence-electron chi connectivity index (χ0n) is 7.86. The molecule has 0 spiro atoms. The van der Waals surface area contributed by atoms with E-state index in [2.05, 4.69) is 43.5 Å². The van der Waals surface area contributed by atoms with Gasteiger partial charge in [0, 0.05) is 0 Å². The van der Waals surface area contributed by atoms with Crippen LogP contribution in [-0.2, 0) is 11.2 Å². The molecule has 1 aromatic carbocycles. The second-order valence-electron chi connectivity index (χ2n) is 2.56. The molecule has 2 nitrogen and oxygen atoms in total. The Hall–Kier alpha value is -1.57. The highest BCUT2D eigenvalue weighted by atomic mass is 16.1. The molecule has 0 aliphatic heterocycles. The van der Waals surface area contributed by atoms with E-state index >= 15 is 0 Å². The molecule has 0 aliphatic carbocycles. The summed E-state index contributed by atoms with van der Waals surface area (Å²) in [6.07, 6.45) is 3.16. The van der Waals surface area contributed by atoms with Crippen molar-refractivity contribution in [2.24, 2.45) is 5.73 Å². The molecular weight excluding hydrogens is 162 g/mol. The smallest absolute Gasteiger partial charge is 0.204 e. The molecule has 0 radical (unpaired) electrons. The van der Waals surface area contributed by atoms with E-state index in [-0.39, 0.29) is 6.41 Å². The molecule has 13 heavy (non-hydrogen) atoms. The van der Waals surface area contributed by atoms with Gasteiger partial charge in [0.25, 0.3) is 0 Å². The molecule has 0 aromatic heterocycles. The number of rotatable bonds is 2. The molecule has 0 bridgehead atoms. The summed E-state index contributed by atoms with van der Waals surface area (Å²) in [5.41, 5.74) is 6.89. The molecule has 1 amide bonds. The summed E-state index contributed by atoms with van der Waals surface area (Å²) < 4.78 is 0. The molecule has 0 unspecified atom stereocenters. The Morgan fingerprint density at radius 3 is 2.46 bits per heavy atom. The van der Waals surface area contributed by atoms with Crippen LogP contribution >= 0.6 is 0 Å². The summed E-state index contributed by atoms with van der Waals surface area (Å²) in [5.74, 6) is 0. The van der Waals surface area contributed by atoms with Gasteiger partial charge in [-0.15, -0.1) is 6.58 Å². The zero-order chi connectivity index (χ0) is 10.1. The van der Waals surface area contributed by atoms with E-state index in [4.69, 9.17) is 4.79 Å². The Morgan fingerprint density at radius 1 is 1.46 bits per heavy atom. The number of carbonyl (C=O) groups is 1. The van der Waals surface area contributed by atoms with Gasteiger partial charge in [0.05, 0.1) is 0 Å². The Balaban J connectivity index is 0.000000424.